The molecule has 1 aliphatic heterocycles. The lowest BCUT2D eigenvalue weighted by molar-refractivity contribution is -0.0796. The predicted octanol–water partition coefficient (Wildman–Crippen LogP) is 4.29. The van der Waals surface area contributed by atoms with E-state index >= 15 is 0 Å². The molecule has 1 fully saturated rings. The summed E-state index contributed by atoms with van der Waals surface area (Å²) in [5.41, 5.74) is -1.52. The van der Waals surface area contributed by atoms with Gasteiger partial charge in [-0.1, -0.05) is 19.4 Å². The van der Waals surface area contributed by atoms with Gasteiger partial charge in [-0.15, -0.1) is 0 Å². The molecule has 3 rings (SSSR count). The number of aliphatic hydroxyl groups is 1. The normalized spacial score (nSPS) is 21.1. The van der Waals surface area contributed by atoms with Crippen LogP contribution in [0.3, 0.4) is 0 Å². The maximum Gasteiger partial charge on any atom is 0.256 e. The molecule has 1 amide bonds. The average molecular weight is 549 g/mol. The number of anilines is 1. The Morgan fingerprint density at radius 2 is 2.06 bits per heavy atom. The van der Waals surface area contributed by atoms with Crippen LogP contribution in [0, 0.1) is 11.6 Å². The molecule has 2 atom stereocenters. The van der Waals surface area contributed by atoms with E-state index in [0.717, 1.165) is 18.9 Å². The van der Waals surface area contributed by atoms with E-state index in [-0.39, 0.29) is 36.8 Å². The fraction of sp³-hybridized carbons (Fsp3) is 0.500. The Bertz CT molecular complexity index is 900. The van der Waals surface area contributed by atoms with Gasteiger partial charge < -0.3 is 20.6 Å². The summed E-state index contributed by atoms with van der Waals surface area (Å²) >= 11 is 1.98. The third kappa shape index (κ3) is 5.61. The lowest BCUT2D eigenvalue weighted by Gasteiger charge is -2.47. The minimum atomic E-state index is -1.23. The molecule has 1 heterocycles. The van der Waals surface area contributed by atoms with E-state index in [0.29, 0.717) is 10.1 Å². The van der Waals surface area contributed by atoms with Crippen LogP contribution in [0.2, 0.25) is 0 Å². The minimum absolute atomic E-state index is 0.0781. The van der Waals surface area contributed by atoms with Crippen LogP contribution in [-0.4, -0.2) is 53.2 Å². The molecule has 1 aromatic carbocycles. The molecular weight excluding hydrogens is 522 g/mol. The van der Waals surface area contributed by atoms with Gasteiger partial charge in [0.1, 0.15) is 11.4 Å². The van der Waals surface area contributed by atoms with Gasteiger partial charge in [0.05, 0.1) is 30.4 Å². The highest BCUT2D eigenvalue weighted by Crippen LogP contribution is 2.32. The van der Waals surface area contributed by atoms with Crippen molar-refractivity contribution in [1.29, 1.82) is 0 Å². The van der Waals surface area contributed by atoms with Gasteiger partial charge in [-0.2, -0.15) is 0 Å². The first kappa shape index (κ1) is 24.1. The Kier molecular flexibility index (Phi) is 7.69. The number of hydrogen-bond acceptors (Lipinski definition) is 4. The molecule has 0 radical (unpaired) electrons. The predicted molar refractivity (Wildman–Crippen MR) is 123 cm³/mol. The first-order valence-corrected chi connectivity index (χ1v) is 11.4. The van der Waals surface area contributed by atoms with Gasteiger partial charge in [-0.3, -0.25) is 4.79 Å². The maximum atomic E-state index is 14.6. The average Bonchev–Trinajstić information content (AvgIpc) is 2.69. The standard InChI is InChI=1S/C22H27F3IN3O2/c1-3-4-13(2)27-10-22(31)11-29(12-22)21(30)15-6-7-16(23)19(25)20(15)28-18-8-5-14(26)9-17(18)24/h5-7,9,13,18,27-28,31H,3-4,8,10-12H2,1-2H3. The van der Waals surface area contributed by atoms with Crippen LogP contribution in [0.5, 0.6) is 0 Å². The number of amides is 1. The van der Waals surface area contributed by atoms with Crippen LogP contribution in [0.1, 0.15) is 43.5 Å². The molecule has 0 bridgehead atoms. The number of nitrogens with zero attached hydrogens (tertiary/aromatic N) is 1. The highest BCUT2D eigenvalue weighted by molar-refractivity contribution is 14.1. The summed E-state index contributed by atoms with van der Waals surface area (Å²) < 4.78 is 43.5. The van der Waals surface area contributed by atoms with Gasteiger partial charge in [-0.05, 0) is 60.6 Å². The van der Waals surface area contributed by atoms with Crippen molar-refractivity contribution >= 4 is 34.2 Å². The van der Waals surface area contributed by atoms with Crippen molar-refractivity contribution in [2.75, 3.05) is 25.0 Å². The van der Waals surface area contributed by atoms with Gasteiger partial charge in [0.15, 0.2) is 11.6 Å². The molecule has 1 saturated heterocycles. The molecule has 1 aromatic rings. The second-order valence-corrected chi connectivity index (χ2v) is 9.54. The number of β-amino-alcohol motifs (C(OH)–C–C–N with tert-alkyl or cyclic N) is 1. The monoisotopic (exact) mass is 549 g/mol. The van der Waals surface area contributed by atoms with Gasteiger partial charge >= 0.3 is 0 Å². The minimum Gasteiger partial charge on any atom is -0.385 e. The molecule has 2 unspecified atom stereocenters. The number of allylic oxidation sites excluding steroid dienone is 2. The first-order chi connectivity index (χ1) is 14.6. The summed E-state index contributed by atoms with van der Waals surface area (Å²) in [6.45, 7) is 4.60. The number of hydrogen-bond donors (Lipinski definition) is 3. The molecule has 170 valence electrons. The van der Waals surface area contributed by atoms with Crippen LogP contribution in [0.25, 0.3) is 0 Å². The van der Waals surface area contributed by atoms with Crippen molar-refractivity contribution in [2.24, 2.45) is 0 Å². The second kappa shape index (κ2) is 9.91. The Morgan fingerprint density at radius 1 is 1.35 bits per heavy atom. The number of likely N-dealkylation sites (tertiary alicyclic amines) is 1. The molecule has 0 aromatic heterocycles. The number of benzene rings is 1. The fourth-order valence-electron chi connectivity index (χ4n) is 3.80. The Labute approximate surface area is 193 Å². The molecular formula is C22H27F3IN3O2. The summed E-state index contributed by atoms with van der Waals surface area (Å²) in [5, 5.41) is 16.5. The highest BCUT2D eigenvalue weighted by Gasteiger charge is 2.44. The molecule has 0 saturated carbocycles. The third-order valence-corrected chi connectivity index (χ3v) is 6.31. The molecule has 3 N–H and O–H groups in total. The highest BCUT2D eigenvalue weighted by atomic mass is 127. The van der Waals surface area contributed by atoms with E-state index in [1.807, 2.05) is 29.5 Å². The second-order valence-electron chi connectivity index (χ2n) is 8.29. The lowest BCUT2D eigenvalue weighted by Crippen LogP contribution is -2.67. The van der Waals surface area contributed by atoms with Crippen LogP contribution >= 0.6 is 22.6 Å². The number of carbonyl (C=O) groups is 1. The molecule has 1 aliphatic carbocycles. The van der Waals surface area contributed by atoms with Gasteiger partial charge in [0.2, 0.25) is 0 Å². The van der Waals surface area contributed by atoms with E-state index in [2.05, 4.69) is 17.6 Å². The SMILES string of the molecule is CCCC(C)NCC1(O)CN(C(=O)c2ccc(F)c(F)c2NC2CC=C(I)C=C2F)C1. The zero-order valence-electron chi connectivity index (χ0n) is 17.5. The molecule has 0 spiro atoms. The van der Waals surface area contributed by atoms with Crippen LogP contribution in [-0.2, 0) is 0 Å². The van der Waals surface area contributed by atoms with Crippen molar-refractivity contribution in [3.05, 3.63) is 50.9 Å². The molecule has 5 nitrogen and oxygen atoms in total. The van der Waals surface area contributed by atoms with E-state index in [1.165, 1.54) is 17.0 Å². The third-order valence-electron chi connectivity index (χ3n) is 5.56. The zero-order chi connectivity index (χ0) is 22.8. The number of carbonyl (C=O) groups excluding carboxylic acids is 1. The van der Waals surface area contributed by atoms with Crippen LogP contribution in [0.4, 0.5) is 18.9 Å². The number of rotatable bonds is 8. The Balaban J connectivity index is 1.71. The molecule has 31 heavy (non-hydrogen) atoms. The topological polar surface area (TPSA) is 64.6 Å². The van der Waals surface area contributed by atoms with Crippen molar-refractivity contribution in [3.8, 4) is 0 Å². The summed E-state index contributed by atoms with van der Waals surface area (Å²) in [5.74, 6) is -3.41. The van der Waals surface area contributed by atoms with Crippen LogP contribution < -0.4 is 10.6 Å². The van der Waals surface area contributed by atoms with Crippen LogP contribution in [0.15, 0.2) is 33.7 Å². The summed E-state index contributed by atoms with van der Waals surface area (Å²) in [6, 6.07) is 1.42. The maximum absolute atomic E-state index is 14.6. The van der Waals surface area contributed by atoms with Crippen molar-refractivity contribution in [2.45, 2.75) is 50.8 Å². The van der Waals surface area contributed by atoms with E-state index in [9.17, 15) is 23.1 Å². The fourth-order valence-corrected chi connectivity index (χ4v) is 4.35. The lowest BCUT2D eigenvalue weighted by atomic mass is 9.92. The summed E-state index contributed by atoms with van der Waals surface area (Å²) in [6.07, 6.45) is 5.32. The van der Waals surface area contributed by atoms with Gasteiger partial charge in [0, 0.05) is 16.2 Å². The molecule has 9 heteroatoms. The van der Waals surface area contributed by atoms with Crippen molar-refractivity contribution in [3.63, 3.8) is 0 Å². The smallest absolute Gasteiger partial charge is 0.256 e. The largest absolute Gasteiger partial charge is 0.385 e. The quantitative estimate of drug-likeness (QED) is 0.424. The van der Waals surface area contributed by atoms with E-state index in [4.69, 9.17) is 0 Å². The Hall–Kier alpha value is -1.59. The van der Waals surface area contributed by atoms with E-state index < -0.39 is 35.0 Å². The van der Waals surface area contributed by atoms with Crippen molar-refractivity contribution < 1.29 is 23.1 Å². The zero-order valence-corrected chi connectivity index (χ0v) is 19.7. The first-order valence-electron chi connectivity index (χ1n) is 10.4. The summed E-state index contributed by atoms with van der Waals surface area (Å²) in [7, 11) is 0. The van der Waals surface area contributed by atoms with Crippen molar-refractivity contribution in [1.82, 2.24) is 10.2 Å². The molecule has 2 aliphatic rings. The van der Waals surface area contributed by atoms with Gasteiger partial charge in [-0.25, -0.2) is 13.2 Å². The van der Waals surface area contributed by atoms with Gasteiger partial charge in [0.25, 0.3) is 5.91 Å². The Morgan fingerprint density at radius 3 is 2.71 bits per heavy atom. The number of halogens is 4. The van der Waals surface area contributed by atoms with E-state index in [1.54, 1.807) is 6.08 Å². The summed E-state index contributed by atoms with van der Waals surface area (Å²) in [4.78, 5) is 14.3. The number of nitrogens with one attached hydrogen (secondary N) is 2.